The fraction of sp³-hybridized carbons (Fsp3) is 0.385. The van der Waals surface area contributed by atoms with E-state index in [1.165, 1.54) is 0 Å². The van der Waals surface area contributed by atoms with Crippen LogP contribution in [0, 0.1) is 0 Å². The third kappa shape index (κ3) is 2.36. The van der Waals surface area contributed by atoms with E-state index >= 15 is 0 Å². The maximum Gasteiger partial charge on any atom is 0.223 e. The zero-order valence-corrected chi connectivity index (χ0v) is 10.8. The summed E-state index contributed by atoms with van der Waals surface area (Å²) in [6, 6.07) is 3.91. The predicted octanol–water partition coefficient (Wildman–Crippen LogP) is 0.973. The van der Waals surface area contributed by atoms with Gasteiger partial charge in [0.2, 0.25) is 5.91 Å². The molecule has 0 unspecified atom stereocenters. The van der Waals surface area contributed by atoms with Gasteiger partial charge in [-0.3, -0.25) is 4.79 Å². The first-order chi connectivity index (χ1) is 8.63. The molecular formula is C13H18N4O. The van der Waals surface area contributed by atoms with Crippen LogP contribution in [0.1, 0.15) is 12.0 Å². The zero-order chi connectivity index (χ0) is 13.1. The molecular weight excluding hydrogens is 228 g/mol. The van der Waals surface area contributed by atoms with Crippen LogP contribution in [0.3, 0.4) is 0 Å². The van der Waals surface area contributed by atoms with E-state index in [0.717, 1.165) is 16.6 Å². The van der Waals surface area contributed by atoms with Crippen molar-refractivity contribution in [3.8, 4) is 0 Å². The maximum atomic E-state index is 11.6. The lowest BCUT2D eigenvalue weighted by atomic mass is 10.2. The summed E-state index contributed by atoms with van der Waals surface area (Å²) in [5.74, 6) is 0.113. The monoisotopic (exact) mass is 246 g/mol. The summed E-state index contributed by atoms with van der Waals surface area (Å²) in [7, 11) is 3.53. The Balaban J connectivity index is 2.26. The lowest BCUT2D eigenvalue weighted by Crippen LogP contribution is -2.22. The van der Waals surface area contributed by atoms with Gasteiger partial charge in [-0.15, -0.1) is 0 Å². The maximum absolute atomic E-state index is 11.6. The number of nitrogens with two attached hydrogens (primary N) is 1. The van der Waals surface area contributed by atoms with Crippen LogP contribution in [0.5, 0.6) is 0 Å². The Kier molecular flexibility index (Phi) is 3.62. The molecule has 0 saturated heterocycles. The van der Waals surface area contributed by atoms with Gasteiger partial charge < -0.3 is 15.2 Å². The lowest BCUT2D eigenvalue weighted by Gasteiger charge is -2.10. The van der Waals surface area contributed by atoms with Gasteiger partial charge >= 0.3 is 0 Å². The average Bonchev–Trinajstić information content (AvgIpc) is 2.74. The standard InChI is InChI=1S/C13H18N4O/c1-16(2)12(18)5-7-17-9-10(8-14)11-4-3-6-15-13(11)17/h3-4,6,9H,5,7-8,14H2,1-2H3. The van der Waals surface area contributed by atoms with Crippen molar-refractivity contribution in [2.24, 2.45) is 5.73 Å². The van der Waals surface area contributed by atoms with E-state index in [2.05, 4.69) is 4.98 Å². The topological polar surface area (TPSA) is 64.2 Å². The number of nitrogens with zero attached hydrogens (tertiary/aromatic N) is 3. The first kappa shape index (κ1) is 12.6. The van der Waals surface area contributed by atoms with E-state index in [0.29, 0.717) is 19.5 Å². The van der Waals surface area contributed by atoms with Crippen molar-refractivity contribution in [1.29, 1.82) is 0 Å². The smallest absolute Gasteiger partial charge is 0.223 e. The molecule has 2 rings (SSSR count). The number of aryl methyl sites for hydroxylation is 1. The predicted molar refractivity (Wildman–Crippen MR) is 70.9 cm³/mol. The normalized spacial score (nSPS) is 10.8. The van der Waals surface area contributed by atoms with E-state index in [-0.39, 0.29) is 5.91 Å². The minimum Gasteiger partial charge on any atom is -0.349 e. The van der Waals surface area contributed by atoms with Gasteiger partial charge in [0.05, 0.1) is 0 Å². The molecule has 5 nitrogen and oxygen atoms in total. The van der Waals surface area contributed by atoms with E-state index < -0.39 is 0 Å². The number of amides is 1. The van der Waals surface area contributed by atoms with Crippen LogP contribution in [0.2, 0.25) is 0 Å². The molecule has 0 spiro atoms. The molecule has 0 bridgehead atoms. The van der Waals surface area contributed by atoms with Crippen molar-refractivity contribution in [3.05, 3.63) is 30.1 Å². The molecule has 0 fully saturated rings. The van der Waals surface area contributed by atoms with Crippen molar-refractivity contribution < 1.29 is 4.79 Å². The van der Waals surface area contributed by atoms with Gasteiger partial charge in [-0.05, 0) is 17.7 Å². The number of carbonyl (C=O) groups is 1. The van der Waals surface area contributed by atoms with Gasteiger partial charge in [0.1, 0.15) is 5.65 Å². The number of pyridine rings is 1. The number of aromatic nitrogens is 2. The molecule has 96 valence electrons. The average molecular weight is 246 g/mol. The van der Waals surface area contributed by atoms with Crippen LogP contribution in [0.4, 0.5) is 0 Å². The zero-order valence-electron chi connectivity index (χ0n) is 10.8. The molecule has 0 atom stereocenters. The summed E-state index contributed by atoms with van der Waals surface area (Å²) < 4.78 is 2.00. The highest BCUT2D eigenvalue weighted by Gasteiger charge is 2.10. The van der Waals surface area contributed by atoms with E-state index in [4.69, 9.17) is 5.73 Å². The highest BCUT2D eigenvalue weighted by Crippen LogP contribution is 2.19. The summed E-state index contributed by atoms with van der Waals surface area (Å²) in [5.41, 5.74) is 7.68. The van der Waals surface area contributed by atoms with Gasteiger partial charge in [-0.2, -0.15) is 0 Å². The van der Waals surface area contributed by atoms with Crippen molar-refractivity contribution in [2.75, 3.05) is 14.1 Å². The Bertz CT molecular complexity index is 559. The lowest BCUT2D eigenvalue weighted by molar-refractivity contribution is -0.128. The minimum atomic E-state index is 0.113. The van der Waals surface area contributed by atoms with E-state index in [9.17, 15) is 4.79 Å². The van der Waals surface area contributed by atoms with Crippen LogP contribution in [0.15, 0.2) is 24.5 Å². The SMILES string of the molecule is CN(C)C(=O)CCn1cc(CN)c2cccnc21. The number of carbonyl (C=O) groups excluding carboxylic acids is 1. The molecule has 18 heavy (non-hydrogen) atoms. The van der Waals surface area contributed by atoms with Gasteiger partial charge in [-0.25, -0.2) is 4.98 Å². The molecule has 0 saturated carbocycles. The van der Waals surface area contributed by atoms with E-state index in [1.54, 1.807) is 25.2 Å². The second kappa shape index (κ2) is 5.18. The first-order valence-corrected chi connectivity index (χ1v) is 5.96. The van der Waals surface area contributed by atoms with Crippen molar-refractivity contribution in [3.63, 3.8) is 0 Å². The second-order valence-electron chi connectivity index (χ2n) is 4.46. The number of rotatable bonds is 4. The largest absolute Gasteiger partial charge is 0.349 e. The highest BCUT2D eigenvalue weighted by atomic mass is 16.2. The van der Waals surface area contributed by atoms with Crippen molar-refractivity contribution in [2.45, 2.75) is 19.5 Å². The number of hydrogen-bond acceptors (Lipinski definition) is 3. The summed E-state index contributed by atoms with van der Waals surface area (Å²) in [4.78, 5) is 17.6. The molecule has 0 aliphatic rings. The highest BCUT2D eigenvalue weighted by molar-refractivity contribution is 5.81. The summed E-state index contributed by atoms with van der Waals surface area (Å²) in [5, 5.41) is 1.07. The van der Waals surface area contributed by atoms with Crippen LogP contribution in [0.25, 0.3) is 11.0 Å². The van der Waals surface area contributed by atoms with Gasteiger partial charge in [0.15, 0.2) is 0 Å². The summed E-state index contributed by atoms with van der Waals surface area (Å²) in [6.45, 7) is 1.11. The summed E-state index contributed by atoms with van der Waals surface area (Å²) >= 11 is 0. The van der Waals surface area contributed by atoms with Crippen molar-refractivity contribution >= 4 is 16.9 Å². The Morgan fingerprint density at radius 2 is 2.28 bits per heavy atom. The molecule has 0 aliphatic carbocycles. The van der Waals surface area contributed by atoms with Crippen LogP contribution in [-0.4, -0.2) is 34.5 Å². The Morgan fingerprint density at radius 3 is 2.94 bits per heavy atom. The molecule has 2 N–H and O–H groups in total. The molecule has 0 radical (unpaired) electrons. The van der Waals surface area contributed by atoms with E-state index in [1.807, 2.05) is 22.9 Å². The molecule has 0 aromatic carbocycles. The number of fused-ring (bicyclic) bond motifs is 1. The quantitative estimate of drug-likeness (QED) is 0.874. The third-order valence-corrected chi connectivity index (χ3v) is 3.00. The van der Waals surface area contributed by atoms with Crippen LogP contribution < -0.4 is 5.73 Å². The van der Waals surface area contributed by atoms with Gasteiger partial charge in [0, 0.05) is 51.4 Å². The van der Waals surface area contributed by atoms with Crippen molar-refractivity contribution in [1.82, 2.24) is 14.5 Å². The Morgan fingerprint density at radius 1 is 1.50 bits per heavy atom. The van der Waals surface area contributed by atoms with Crippen LogP contribution >= 0.6 is 0 Å². The third-order valence-electron chi connectivity index (χ3n) is 3.00. The summed E-state index contributed by atoms with van der Waals surface area (Å²) in [6.07, 6.45) is 4.21. The van der Waals surface area contributed by atoms with Gasteiger partial charge in [-0.1, -0.05) is 0 Å². The molecule has 2 heterocycles. The molecule has 1 amide bonds. The Labute approximate surface area is 106 Å². The number of hydrogen-bond donors (Lipinski definition) is 1. The fourth-order valence-corrected chi connectivity index (χ4v) is 1.97. The van der Waals surface area contributed by atoms with Crippen LogP contribution in [-0.2, 0) is 17.9 Å². The molecule has 2 aromatic rings. The fourth-order valence-electron chi connectivity index (χ4n) is 1.97. The minimum absolute atomic E-state index is 0.113. The molecule has 2 aromatic heterocycles. The second-order valence-corrected chi connectivity index (χ2v) is 4.46. The molecule has 0 aliphatic heterocycles. The molecule has 5 heteroatoms. The van der Waals surface area contributed by atoms with Gasteiger partial charge in [0.25, 0.3) is 0 Å². The first-order valence-electron chi connectivity index (χ1n) is 5.96. The Hall–Kier alpha value is -1.88.